The summed E-state index contributed by atoms with van der Waals surface area (Å²) in [4.78, 5) is 0. The average molecular weight is 364 g/mol. The summed E-state index contributed by atoms with van der Waals surface area (Å²) < 4.78 is 0. The van der Waals surface area contributed by atoms with E-state index >= 15 is 0 Å². The third-order valence-corrected chi connectivity index (χ3v) is 0. The van der Waals surface area contributed by atoms with E-state index in [-0.39, 0.29) is 121 Å². The number of hydrogen-bond donors (Lipinski definition) is 0. The maximum atomic E-state index is 0. The van der Waals surface area contributed by atoms with Gasteiger partial charge in [0.2, 0.25) is 0 Å². The smallest absolute Gasteiger partial charge is 0 e. The molecule has 0 aliphatic carbocycles. The molecular weight excluding hydrogens is 364 g/mol. The summed E-state index contributed by atoms with van der Waals surface area (Å²) in [5, 5.41) is 0. The maximum Gasteiger partial charge on any atom is 0 e. The molecular formula is Al2Cu2Ni2Zn. The second-order valence-electron chi connectivity index (χ2n) is 0. The Morgan fingerprint density at radius 3 is 0.571 bits per heavy atom. The molecule has 0 aromatic carbocycles. The molecule has 0 unspecified atom stereocenters. The molecule has 0 amide bonds. The predicted molar refractivity (Wildman–Crippen MR) is 11.5 cm³/mol. The van der Waals surface area contributed by atoms with Crippen LogP contribution in [0.2, 0.25) is 0 Å². The summed E-state index contributed by atoms with van der Waals surface area (Å²) in [7, 11) is 0. The van der Waals surface area contributed by atoms with Crippen LogP contribution >= 0.6 is 0 Å². The first-order valence-corrected chi connectivity index (χ1v) is 0. The van der Waals surface area contributed by atoms with Crippen molar-refractivity contribution in [1.82, 2.24) is 0 Å². The second kappa shape index (κ2) is 53.5. The Morgan fingerprint density at radius 1 is 0.571 bits per heavy atom. The van der Waals surface area contributed by atoms with Gasteiger partial charge in [-0.3, -0.25) is 0 Å². The monoisotopic (exact) mass is 360 g/mol. The van der Waals surface area contributed by atoms with Crippen LogP contribution in [0.15, 0.2) is 0 Å². The van der Waals surface area contributed by atoms with Gasteiger partial charge in [-0.2, -0.15) is 0 Å². The Bertz CT molecular complexity index is 13.7. The molecule has 0 fully saturated rings. The van der Waals surface area contributed by atoms with Crippen molar-refractivity contribution in [3.05, 3.63) is 0 Å². The molecule has 0 rings (SSSR count). The van der Waals surface area contributed by atoms with E-state index < -0.39 is 0 Å². The Labute approximate surface area is 119 Å². The number of rotatable bonds is 0. The first-order valence-electron chi connectivity index (χ1n) is 0. The molecule has 50 valence electrons. The summed E-state index contributed by atoms with van der Waals surface area (Å²) in [6.07, 6.45) is 0. The van der Waals surface area contributed by atoms with Gasteiger partial charge >= 0.3 is 0 Å². The van der Waals surface area contributed by atoms with Gasteiger partial charge in [-0.15, -0.1) is 0 Å². The fraction of sp³-hybridized carbons (Fsp3) is 0. The summed E-state index contributed by atoms with van der Waals surface area (Å²) in [5.41, 5.74) is 0. The molecule has 0 aromatic rings. The van der Waals surface area contributed by atoms with Crippen LogP contribution in [0.4, 0.5) is 0 Å². The van der Waals surface area contributed by atoms with E-state index in [9.17, 15) is 0 Å². The van der Waals surface area contributed by atoms with Gasteiger partial charge in [0.05, 0.1) is 0 Å². The molecule has 0 spiro atoms. The molecule has 0 aliphatic rings. The van der Waals surface area contributed by atoms with Crippen molar-refractivity contribution in [1.29, 1.82) is 0 Å². The van der Waals surface area contributed by atoms with Crippen LogP contribution in [-0.4, -0.2) is 34.7 Å². The van der Waals surface area contributed by atoms with Gasteiger partial charge in [-0.25, -0.2) is 0 Å². The molecule has 0 saturated heterocycles. The molecule has 0 saturated carbocycles. The molecule has 0 heterocycles. The van der Waals surface area contributed by atoms with Gasteiger partial charge in [0.1, 0.15) is 0 Å². The van der Waals surface area contributed by atoms with Gasteiger partial charge in [0.15, 0.2) is 0 Å². The van der Waals surface area contributed by atoms with E-state index in [2.05, 4.69) is 0 Å². The van der Waals surface area contributed by atoms with Crippen molar-refractivity contribution >= 4 is 34.7 Å². The molecule has 0 bridgehead atoms. The minimum absolute atomic E-state index is 0. The zero-order valence-electron chi connectivity index (χ0n) is 3.10. The van der Waals surface area contributed by atoms with Gasteiger partial charge in [-0.05, 0) is 0 Å². The van der Waals surface area contributed by atoms with E-state index in [1.807, 2.05) is 0 Å². The van der Waals surface area contributed by atoms with Crippen molar-refractivity contribution in [3.8, 4) is 0 Å². The summed E-state index contributed by atoms with van der Waals surface area (Å²) >= 11 is 0. The Morgan fingerprint density at radius 2 is 0.571 bits per heavy atom. The maximum absolute atomic E-state index is 0. The first kappa shape index (κ1) is 73.3. The molecule has 0 aromatic heterocycles. The van der Waals surface area contributed by atoms with Crippen LogP contribution in [0.25, 0.3) is 0 Å². The molecule has 0 nitrogen and oxygen atoms in total. The zero-order chi connectivity index (χ0) is 0. The summed E-state index contributed by atoms with van der Waals surface area (Å²) in [6, 6.07) is 0. The SMILES string of the molecule is [Al].[Al].[Cu].[Cu].[Ni].[Ni].[Zn]. The van der Waals surface area contributed by atoms with Crippen molar-refractivity contribution in [2.24, 2.45) is 0 Å². The zero-order valence-corrected chi connectivity index (χ0v) is 12.2. The Kier molecular flexibility index (Phi) is 560. The van der Waals surface area contributed by atoms with Gasteiger partial charge in [0.25, 0.3) is 0 Å². The fourth-order valence-electron chi connectivity index (χ4n) is 0. The van der Waals surface area contributed by atoms with Crippen LogP contribution in [-0.2, 0) is 86.6 Å². The standard InChI is InChI=1S/2Al.2Cu.2Ni.Zn. The van der Waals surface area contributed by atoms with E-state index in [4.69, 9.17) is 0 Å². The van der Waals surface area contributed by atoms with Gasteiger partial charge in [0, 0.05) is 121 Å². The van der Waals surface area contributed by atoms with E-state index in [0.29, 0.717) is 0 Å². The van der Waals surface area contributed by atoms with E-state index in [1.54, 1.807) is 0 Å². The molecule has 7 heteroatoms. The van der Waals surface area contributed by atoms with Gasteiger partial charge in [-0.1, -0.05) is 0 Å². The summed E-state index contributed by atoms with van der Waals surface area (Å²) in [5.74, 6) is 0. The molecule has 0 N–H and O–H groups in total. The molecule has 7 heavy (non-hydrogen) atoms. The molecule has 0 atom stereocenters. The minimum atomic E-state index is 0. The van der Waals surface area contributed by atoms with Gasteiger partial charge < -0.3 is 0 Å². The van der Waals surface area contributed by atoms with Crippen molar-refractivity contribution in [2.45, 2.75) is 0 Å². The quantitative estimate of drug-likeness (QED) is 0.496. The van der Waals surface area contributed by atoms with Crippen LogP contribution in [0.1, 0.15) is 0 Å². The minimum Gasteiger partial charge on any atom is 0 e. The Hall–Kier alpha value is 3.71. The van der Waals surface area contributed by atoms with Crippen LogP contribution in [0.3, 0.4) is 0 Å². The van der Waals surface area contributed by atoms with Crippen LogP contribution < -0.4 is 0 Å². The van der Waals surface area contributed by atoms with Crippen molar-refractivity contribution in [2.75, 3.05) is 0 Å². The van der Waals surface area contributed by atoms with Crippen molar-refractivity contribution in [3.63, 3.8) is 0 Å². The average Bonchev–Trinajstić information content (AvgIpc) is 0. The largest absolute Gasteiger partial charge is 0 e. The topological polar surface area (TPSA) is 0 Å². The number of hydrogen-bond acceptors (Lipinski definition) is 0. The normalized spacial score (nSPS) is 0. The Balaban J connectivity index is 0. The molecule has 0 aliphatic heterocycles. The molecule has 8 radical (unpaired) electrons. The van der Waals surface area contributed by atoms with Crippen molar-refractivity contribution < 1.29 is 86.6 Å². The van der Waals surface area contributed by atoms with Crippen LogP contribution in [0, 0.1) is 0 Å². The predicted octanol–water partition coefficient (Wildman–Crippen LogP) is -0.774. The third kappa shape index (κ3) is 41.9. The summed E-state index contributed by atoms with van der Waals surface area (Å²) in [6.45, 7) is 0. The van der Waals surface area contributed by atoms with E-state index in [1.165, 1.54) is 0 Å². The fourth-order valence-corrected chi connectivity index (χ4v) is 0. The van der Waals surface area contributed by atoms with Crippen LogP contribution in [0.5, 0.6) is 0 Å². The first-order chi connectivity index (χ1) is 0. The second-order valence-corrected chi connectivity index (χ2v) is 0. The third-order valence-electron chi connectivity index (χ3n) is 0. The van der Waals surface area contributed by atoms with E-state index in [0.717, 1.165) is 0 Å².